The summed E-state index contributed by atoms with van der Waals surface area (Å²) in [6.45, 7) is 0.262. The summed E-state index contributed by atoms with van der Waals surface area (Å²) in [5.74, 6) is 0.654. The molecule has 0 atom stereocenters. The highest BCUT2D eigenvalue weighted by atomic mass is 35.5. The van der Waals surface area contributed by atoms with E-state index in [4.69, 9.17) is 21.4 Å². The highest BCUT2D eigenvalue weighted by Crippen LogP contribution is 2.23. The molecule has 0 saturated heterocycles. The maximum absolute atomic E-state index is 10.6. The minimum atomic E-state index is -0.984. The molecular weight excluding hydrogens is 218 g/mol. The lowest BCUT2D eigenvalue weighted by atomic mass is 10.2. The van der Waals surface area contributed by atoms with Gasteiger partial charge in [0.1, 0.15) is 5.75 Å². The van der Waals surface area contributed by atoms with E-state index in [1.165, 1.54) is 7.05 Å². The Bertz CT molecular complexity index is 368. The average Bonchev–Trinajstić information content (AvgIpc) is 2.20. The molecule has 0 aromatic heterocycles. The second kappa shape index (κ2) is 4.89. The fourth-order valence-corrected chi connectivity index (χ4v) is 1.34. The van der Waals surface area contributed by atoms with E-state index in [-0.39, 0.29) is 6.54 Å². The fraction of sp³-hybridized carbons (Fsp3) is 0.300. The van der Waals surface area contributed by atoms with Gasteiger partial charge in [0, 0.05) is 12.1 Å². The van der Waals surface area contributed by atoms with Crippen LogP contribution in [0.3, 0.4) is 0 Å². The Kier molecular flexibility index (Phi) is 3.80. The monoisotopic (exact) mass is 229 g/mol. The molecular formula is C10H12ClNO3. The Morgan fingerprint density at radius 1 is 1.60 bits per heavy atom. The van der Waals surface area contributed by atoms with Crippen LogP contribution in [0.4, 0.5) is 4.79 Å². The van der Waals surface area contributed by atoms with Gasteiger partial charge in [-0.25, -0.2) is 4.79 Å². The van der Waals surface area contributed by atoms with Crippen molar-refractivity contribution in [2.45, 2.75) is 6.54 Å². The number of methoxy groups -OCH3 is 1. The smallest absolute Gasteiger partial charge is 0.407 e. The van der Waals surface area contributed by atoms with E-state index in [1.807, 2.05) is 0 Å². The average molecular weight is 230 g/mol. The van der Waals surface area contributed by atoms with Crippen molar-refractivity contribution in [3.8, 4) is 5.75 Å². The van der Waals surface area contributed by atoms with E-state index in [1.54, 1.807) is 25.3 Å². The van der Waals surface area contributed by atoms with E-state index >= 15 is 0 Å². The molecule has 1 rings (SSSR count). The Balaban J connectivity index is 2.82. The molecule has 0 fully saturated rings. The number of nitrogens with zero attached hydrogens (tertiary/aromatic N) is 1. The summed E-state index contributed by atoms with van der Waals surface area (Å²) in [6, 6.07) is 5.16. The summed E-state index contributed by atoms with van der Waals surface area (Å²) < 4.78 is 4.99. The number of benzene rings is 1. The number of halogens is 1. The minimum absolute atomic E-state index is 0.262. The Labute approximate surface area is 93.0 Å². The van der Waals surface area contributed by atoms with Crippen molar-refractivity contribution in [2.75, 3.05) is 14.2 Å². The maximum atomic E-state index is 10.6. The zero-order valence-corrected chi connectivity index (χ0v) is 9.28. The zero-order chi connectivity index (χ0) is 11.4. The van der Waals surface area contributed by atoms with Crippen molar-refractivity contribution in [2.24, 2.45) is 0 Å². The second-order valence-corrected chi connectivity index (χ2v) is 3.50. The number of hydrogen-bond donors (Lipinski definition) is 1. The van der Waals surface area contributed by atoms with Crippen molar-refractivity contribution >= 4 is 17.7 Å². The van der Waals surface area contributed by atoms with Crippen molar-refractivity contribution < 1.29 is 14.6 Å². The van der Waals surface area contributed by atoms with E-state index in [0.29, 0.717) is 10.8 Å². The lowest BCUT2D eigenvalue weighted by molar-refractivity contribution is 0.154. The van der Waals surface area contributed by atoms with Crippen molar-refractivity contribution in [1.29, 1.82) is 0 Å². The normalized spacial score (nSPS) is 9.80. The van der Waals surface area contributed by atoms with Gasteiger partial charge in [-0.3, -0.25) is 0 Å². The quantitative estimate of drug-likeness (QED) is 0.866. The molecule has 0 aliphatic carbocycles. The number of ether oxygens (including phenoxy) is 1. The van der Waals surface area contributed by atoms with E-state index in [2.05, 4.69) is 0 Å². The number of carboxylic acid groups (broad SMARTS) is 1. The molecule has 0 unspecified atom stereocenters. The molecule has 15 heavy (non-hydrogen) atoms. The standard InChI is InChI=1S/C10H12ClNO3/c1-12(10(13)14)6-7-3-4-8(15-2)5-9(7)11/h3-5H,6H2,1-2H3,(H,13,14). The largest absolute Gasteiger partial charge is 0.497 e. The summed E-state index contributed by atoms with van der Waals surface area (Å²) in [5, 5.41) is 9.20. The lowest BCUT2D eigenvalue weighted by Crippen LogP contribution is -2.24. The summed E-state index contributed by atoms with van der Waals surface area (Å²) in [7, 11) is 3.04. The summed E-state index contributed by atoms with van der Waals surface area (Å²) in [4.78, 5) is 11.8. The van der Waals surface area contributed by atoms with E-state index in [0.717, 1.165) is 10.5 Å². The lowest BCUT2D eigenvalue weighted by Gasteiger charge is -2.14. The molecule has 1 aromatic rings. The first kappa shape index (κ1) is 11.7. The van der Waals surface area contributed by atoms with Crippen molar-refractivity contribution in [3.63, 3.8) is 0 Å². The zero-order valence-electron chi connectivity index (χ0n) is 8.53. The molecule has 0 spiro atoms. The van der Waals surface area contributed by atoms with Gasteiger partial charge in [-0.2, -0.15) is 0 Å². The predicted octanol–water partition coefficient (Wildman–Crippen LogP) is 2.46. The first-order chi connectivity index (χ1) is 7.04. The van der Waals surface area contributed by atoms with Crippen LogP contribution in [0.15, 0.2) is 18.2 Å². The van der Waals surface area contributed by atoms with Crippen LogP contribution in [0.2, 0.25) is 5.02 Å². The summed E-state index contributed by atoms with van der Waals surface area (Å²) >= 11 is 5.96. The third-order valence-electron chi connectivity index (χ3n) is 1.99. The van der Waals surface area contributed by atoms with Crippen LogP contribution in [0.1, 0.15) is 5.56 Å². The van der Waals surface area contributed by atoms with Gasteiger partial charge in [-0.1, -0.05) is 17.7 Å². The topological polar surface area (TPSA) is 49.8 Å². The number of carbonyl (C=O) groups is 1. The second-order valence-electron chi connectivity index (χ2n) is 3.10. The SMILES string of the molecule is COc1ccc(CN(C)C(=O)O)c(Cl)c1. The van der Waals surface area contributed by atoms with Crippen LogP contribution in [0, 0.1) is 0 Å². The third-order valence-corrected chi connectivity index (χ3v) is 2.35. The number of amides is 1. The Morgan fingerprint density at radius 3 is 2.73 bits per heavy atom. The minimum Gasteiger partial charge on any atom is -0.497 e. The van der Waals surface area contributed by atoms with Crippen LogP contribution in [-0.2, 0) is 6.54 Å². The van der Waals surface area contributed by atoms with Gasteiger partial charge in [0.25, 0.3) is 0 Å². The highest BCUT2D eigenvalue weighted by molar-refractivity contribution is 6.31. The molecule has 5 heteroatoms. The van der Waals surface area contributed by atoms with Gasteiger partial charge in [-0.05, 0) is 17.7 Å². The first-order valence-corrected chi connectivity index (χ1v) is 4.69. The van der Waals surface area contributed by atoms with Crippen LogP contribution in [0.25, 0.3) is 0 Å². The molecule has 1 N–H and O–H groups in total. The molecule has 4 nitrogen and oxygen atoms in total. The Morgan fingerprint density at radius 2 is 2.27 bits per heavy atom. The van der Waals surface area contributed by atoms with Gasteiger partial charge >= 0.3 is 6.09 Å². The molecule has 0 saturated carbocycles. The molecule has 1 aromatic carbocycles. The first-order valence-electron chi connectivity index (χ1n) is 4.31. The predicted molar refractivity (Wildman–Crippen MR) is 57.5 cm³/mol. The molecule has 0 bridgehead atoms. The van der Waals surface area contributed by atoms with Gasteiger partial charge in [0.05, 0.1) is 13.7 Å². The number of hydrogen-bond acceptors (Lipinski definition) is 2. The third kappa shape index (κ3) is 3.02. The highest BCUT2D eigenvalue weighted by Gasteiger charge is 2.09. The van der Waals surface area contributed by atoms with Crippen LogP contribution < -0.4 is 4.74 Å². The van der Waals surface area contributed by atoms with E-state index in [9.17, 15) is 4.79 Å². The van der Waals surface area contributed by atoms with E-state index < -0.39 is 6.09 Å². The molecule has 0 aliphatic rings. The van der Waals surface area contributed by atoms with Crippen molar-refractivity contribution in [1.82, 2.24) is 4.90 Å². The van der Waals surface area contributed by atoms with Gasteiger partial charge in [0.2, 0.25) is 0 Å². The fourth-order valence-electron chi connectivity index (χ4n) is 1.11. The van der Waals surface area contributed by atoms with Crippen LogP contribution in [0.5, 0.6) is 5.75 Å². The van der Waals surface area contributed by atoms with Crippen molar-refractivity contribution in [3.05, 3.63) is 28.8 Å². The molecule has 0 radical (unpaired) electrons. The maximum Gasteiger partial charge on any atom is 0.407 e. The van der Waals surface area contributed by atoms with Crippen LogP contribution in [-0.4, -0.2) is 30.3 Å². The van der Waals surface area contributed by atoms with Gasteiger partial charge in [0.15, 0.2) is 0 Å². The van der Waals surface area contributed by atoms with Crippen LogP contribution >= 0.6 is 11.6 Å². The number of rotatable bonds is 3. The molecule has 0 heterocycles. The van der Waals surface area contributed by atoms with Gasteiger partial charge < -0.3 is 14.7 Å². The summed E-state index contributed by atoms with van der Waals surface area (Å²) in [5.41, 5.74) is 0.752. The van der Waals surface area contributed by atoms with Gasteiger partial charge in [-0.15, -0.1) is 0 Å². The Hall–Kier alpha value is -1.42. The summed E-state index contributed by atoms with van der Waals surface area (Å²) in [6.07, 6.45) is -0.984. The molecule has 1 amide bonds. The molecule has 0 aliphatic heterocycles. The molecule has 82 valence electrons.